The van der Waals surface area contributed by atoms with Crippen LogP contribution in [-0.4, -0.2) is 17.7 Å². The highest BCUT2D eigenvalue weighted by Crippen LogP contribution is 2.29. The lowest BCUT2D eigenvalue weighted by molar-refractivity contribution is 0.198. The highest BCUT2D eigenvalue weighted by Gasteiger charge is 2.12. The summed E-state index contributed by atoms with van der Waals surface area (Å²) >= 11 is 3.53. The van der Waals surface area contributed by atoms with E-state index in [1.54, 1.807) is 6.92 Å². The van der Waals surface area contributed by atoms with E-state index in [0.717, 1.165) is 23.0 Å². The molecule has 1 aromatic rings. The summed E-state index contributed by atoms with van der Waals surface area (Å²) in [6.07, 6.45) is 0.700. The fourth-order valence-electron chi connectivity index (χ4n) is 1.96. The highest BCUT2D eigenvalue weighted by atomic mass is 79.9. The van der Waals surface area contributed by atoms with Crippen LogP contribution in [0.15, 0.2) is 22.7 Å². The molecule has 0 amide bonds. The molecule has 1 aromatic carbocycles. The largest absolute Gasteiger partial charge is 0.389 e. The summed E-state index contributed by atoms with van der Waals surface area (Å²) in [4.78, 5) is 2.37. The predicted molar refractivity (Wildman–Crippen MR) is 77.5 cm³/mol. The third kappa shape index (κ3) is 3.71. The number of hydrogen-bond acceptors (Lipinski definition) is 2. The van der Waals surface area contributed by atoms with Crippen LogP contribution in [0.1, 0.15) is 45.8 Å². The predicted octanol–water partition coefficient (Wildman–Crippen LogP) is 4.13. The summed E-state index contributed by atoms with van der Waals surface area (Å²) in [5.41, 5.74) is 2.15. The van der Waals surface area contributed by atoms with E-state index in [1.807, 2.05) is 6.07 Å². The molecule has 1 rings (SSSR count). The lowest BCUT2D eigenvalue weighted by Gasteiger charge is -2.29. The van der Waals surface area contributed by atoms with E-state index in [2.05, 4.69) is 53.7 Å². The second kappa shape index (κ2) is 6.41. The molecule has 0 unspecified atom stereocenters. The van der Waals surface area contributed by atoms with Crippen molar-refractivity contribution in [2.24, 2.45) is 0 Å². The normalized spacial score (nSPS) is 12.9. The maximum Gasteiger partial charge on any atom is 0.0772 e. The zero-order valence-electron chi connectivity index (χ0n) is 11.1. The minimum atomic E-state index is -0.433. The van der Waals surface area contributed by atoms with Crippen molar-refractivity contribution in [1.29, 1.82) is 0 Å². The second-order valence-electron chi connectivity index (χ2n) is 4.67. The SMILES string of the molecule is CCCN(c1ccc([C@@H](C)O)c(Br)c1)C(C)C. The Kier molecular flexibility index (Phi) is 5.47. The molecule has 2 nitrogen and oxygen atoms in total. The van der Waals surface area contributed by atoms with Crippen LogP contribution in [0.5, 0.6) is 0 Å². The second-order valence-corrected chi connectivity index (χ2v) is 5.52. The molecule has 0 bridgehead atoms. The van der Waals surface area contributed by atoms with E-state index in [1.165, 1.54) is 5.69 Å². The number of halogens is 1. The van der Waals surface area contributed by atoms with E-state index in [4.69, 9.17) is 0 Å². The number of benzene rings is 1. The summed E-state index contributed by atoms with van der Waals surface area (Å²) < 4.78 is 0.978. The van der Waals surface area contributed by atoms with Gasteiger partial charge in [0.05, 0.1) is 6.10 Å². The van der Waals surface area contributed by atoms with Crippen LogP contribution in [0.4, 0.5) is 5.69 Å². The van der Waals surface area contributed by atoms with Crippen LogP contribution in [-0.2, 0) is 0 Å². The van der Waals surface area contributed by atoms with Crippen LogP contribution < -0.4 is 4.90 Å². The van der Waals surface area contributed by atoms with Gasteiger partial charge in [-0.1, -0.05) is 28.9 Å². The zero-order chi connectivity index (χ0) is 13.0. The monoisotopic (exact) mass is 299 g/mol. The topological polar surface area (TPSA) is 23.5 Å². The molecule has 0 aliphatic rings. The molecule has 3 heteroatoms. The average Bonchev–Trinajstić information content (AvgIpc) is 2.24. The molecule has 0 radical (unpaired) electrons. The summed E-state index contributed by atoms with van der Waals surface area (Å²) in [5, 5.41) is 9.60. The van der Waals surface area contributed by atoms with Crippen molar-refractivity contribution >= 4 is 21.6 Å². The Labute approximate surface area is 113 Å². The molecule has 0 heterocycles. The average molecular weight is 300 g/mol. The van der Waals surface area contributed by atoms with E-state index >= 15 is 0 Å². The first-order valence-electron chi connectivity index (χ1n) is 6.21. The Hall–Kier alpha value is -0.540. The molecule has 1 N–H and O–H groups in total. The summed E-state index contributed by atoms with van der Waals surface area (Å²) in [5.74, 6) is 0. The Bertz CT molecular complexity index is 363. The van der Waals surface area contributed by atoms with Gasteiger partial charge in [-0.2, -0.15) is 0 Å². The van der Waals surface area contributed by atoms with E-state index in [9.17, 15) is 5.11 Å². The van der Waals surface area contributed by atoms with Gasteiger partial charge in [0.1, 0.15) is 0 Å². The standard InChI is InChI=1S/C14H22BrNO/c1-5-8-16(10(2)3)12-6-7-13(11(4)17)14(15)9-12/h6-7,9-11,17H,5,8H2,1-4H3/t11-/m1/s1. The van der Waals surface area contributed by atoms with Gasteiger partial charge >= 0.3 is 0 Å². The first-order chi connectivity index (χ1) is 7.97. The first kappa shape index (κ1) is 14.5. The number of nitrogens with zero attached hydrogens (tertiary/aromatic N) is 1. The number of aliphatic hydroxyl groups is 1. The number of rotatable bonds is 5. The van der Waals surface area contributed by atoms with Crippen LogP contribution >= 0.6 is 15.9 Å². The number of aliphatic hydroxyl groups excluding tert-OH is 1. The van der Waals surface area contributed by atoms with Gasteiger partial charge in [-0.05, 0) is 44.9 Å². The maximum atomic E-state index is 9.60. The Morgan fingerprint density at radius 2 is 1.94 bits per heavy atom. The van der Waals surface area contributed by atoms with Gasteiger partial charge in [-0.25, -0.2) is 0 Å². The van der Waals surface area contributed by atoms with Crippen molar-refractivity contribution in [3.8, 4) is 0 Å². The Balaban J connectivity index is 3.02. The quantitative estimate of drug-likeness (QED) is 0.884. The molecule has 96 valence electrons. The minimum Gasteiger partial charge on any atom is -0.389 e. The van der Waals surface area contributed by atoms with Crippen molar-refractivity contribution in [2.75, 3.05) is 11.4 Å². The van der Waals surface area contributed by atoms with E-state index < -0.39 is 6.10 Å². The van der Waals surface area contributed by atoms with Crippen molar-refractivity contribution in [1.82, 2.24) is 0 Å². The zero-order valence-corrected chi connectivity index (χ0v) is 12.7. The number of anilines is 1. The first-order valence-corrected chi connectivity index (χ1v) is 7.00. The van der Waals surface area contributed by atoms with Gasteiger partial charge in [0.2, 0.25) is 0 Å². The van der Waals surface area contributed by atoms with Crippen LogP contribution in [0.3, 0.4) is 0 Å². The molecule has 0 aliphatic heterocycles. The molecule has 0 aliphatic carbocycles. The van der Waals surface area contributed by atoms with Crippen LogP contribution in [0.25, 0.3) is 0 Å². The van der Waals surface area contributed by atoms with Gasteiger partial charge in [-0.15, -0.1) is 0 Å². The van der Waals surface area contributed by atoms with E-state index in [-0.39, 0.29) is 0 Å². The van der Waals surface area contributed by atoms with Gasteiger partial charge in [0.15, 0.2) is 0 Å². The molecule has 0 saturated carbocycles. The summed E-state index contributed by atoms with van der Waals surface area (Å²) in [6, 6.07) is 6.66. The third-order valence-corrected chi connectivity index (χ3v) is 3.54. The Morgan fingerprint density at radius 3 is 2.35 bits per heavy atom. The lowest BCUT2D eigenvalue weighted by atomic mass is 10.1. The van der Waals surface area contributed by atoms with Gasteiger partial charge in [-0.3, -0.25) is 0 Å². The van der Waals surface area contributed by atoms with Gasteiger partial charge in [0.25, 0.3) is 0 Å². The molecule has 0 saturated heterocycles. The molecular weight excluding hydrogens is 278 g/mol. The smallest absolute Gasteiger partial charge is 0.0772 e. The third-order valence-electron chi connectivity index (χ3n) is 2.85. The molecule has 17 heavy (non-hydrogen) atoms. The molecule has 0 aromatic heterocycles. The van der Waals surface area contributed by atoms with Crippen LogP contribution in [0, 0.1) is 0 Å². The molecule has 0 fully saturated rings. The summed E-state index contributed by atoms with van der Waals surface area (Å²) in [6.45, 7) is 9.43. The molecule has 1 atom stereocenters. The van der Waals surface area contributed by atoms with Crippen molar-refractivity contribution in [2.45, 2.75) is 46.3 Å². The number of hydrogen-bond donors (Lipinski definition) is 1. The lowest BCUT2D eigenvalue weighted by Crippen LogP contribution is -2.31. The summed E-state index contributed by atoms with van der Waals surface area (Å²) in [7, 11) is 0. The maximum absolute atomic E-state index is 9.60. The highest BCUT2D eigenvalue weighted by molar-refractivity contribution is 9.10. The fourth-order valence-corrected chi connectivity index (χ4v) is 2.66. The van der Waals surface area contributed by atoms with Crippen molar-refractivity contribution in [3.63, 3.8) is 0 Å². The molecule has 0 spiro atoms. The van der Waals surface area contributed by atoms with Gasteiger partial charge < -0.3 is 10.0 Å². The minimum absolute atomic E-state index is 0.433. The van der Waals surface area contributed by atoms with Crippen LogP contribution in [0.2, 0.25) is 0 Å². The van der Waals surface area contributed by atoms with E-state index in [0.29, 0.717) is 6.04 Å². The van der Waals surface area contributed by atoms with Gasteiger partial charge in [0, 0.05) is 22.7 Å². The Morgan fingerprint density at radius 1 is 1.29 bits per heavy atom. The molecular formula is C14H22BrNO. The fraction of sp³-hybridized carbons (Fsp3) is 0.571. The van der Waals surface area contributed by atoms with Crippen molar-refractivity contribution < 1.29 is 5.11 Å². The van der Waals surface area contributed by atoms with Crippen molar-refractivity contribution in [3.05, 3.63) is 28.2 Å².